The normalized spacial score (nSPS) is 11.3. The number of para-hydroxylation sites is 3. The zero-order valence-corrected chi connectivity index (χ0v) is 29.6. The molecular weight excluding hydrogens is 655 g/mol. The highest BCUT2D eigenvalue weighted by Gasteiger charge is 2.24. The third kappa shape index (κ3) is 5.44. The molecule has 2 heteroatoms. The van der Waals surface area contributed by atoms with Gasteiger partial charge in [-0.1, -0.05) is 182 Å². The molecule has 0 radical (unpaired) electrons. The Bertz CT molecular complexity index is 2930. The zero-order valence-electron chi connectivity index (χ0n) is 29.6. The van der Waals surface area contributed by atoms with Crippen LogP contribution in [-0.4, -0.2) is 0 Å². The molecule has 10 aromatic rings. The van der Waals surface area contributed by atoms with Gasteiger partial charge in [-0.25, -0.2) is 0 Å². The number of hydrogen-bond acceptors (Lipinski definition) is 2. The van der Waals surface area contributed by atoms with Crippen LogP contribution in [-0.2, 0) is 0 Å². The van der Waals surface area contributed by atoms with Gasteiger partial charge in [0.25, 0.3) is 0 Å². The molecule has 0 amide bonds. The lowest BCUT2D eigenvalue weighted by Gasteiger charge is -2.30. The molecule has 0 spiro atoms. The van der Waals surface area contributed by atoms with Crippen molar-refractivity contribution in [3.8, 4) is 44.5 Å². The molecule has 0 saturated carbocycles. The Morgan fingerprint density at radius 1 is 0.296 bits per heavy atom. The molecule has 0 saturated heterocycles. The lowest BCUT2D eigenvalue weighted by atomic mass is 9.93. The van der Waals surface area contributed by atoms with E-state index in [0.717, 1.165) is 66.6 Å². The zero-order chi connectivity index (χ0) is 35.8. The second kappa shape index (κ2) is 13.4. The monoisotopic (exact) mass is 689 g/mol. The fraction of sp³-hybridized carbons (Fsp3) is 0. The maximum absolute atomic E-state index is 6.91. The summed E-state index contributed by atoms with van der Waals surface area (Å²) in [6.45, 7) is 0. The molecule has 0 bridgehead atoms. The van der Waals surface area contributed by atoms with Crippen molar-refractivity contribution in [3.63, 3.8) is 0 Å². The number of hydrogen-bond donors (Lipinski definition) is 0. The second-order valence-electron chi connectivity index (χ2n) is 13.6. The average Bonchev–Trinajstić information content (AvgIpc) is 3.65. The van der Waals surface area contributed by atoms with Crippen LogP contribution in [0.5, 0.6) is 0 Å². The van der Waals surface area contributed by atoms with Crippen LogP contribution < -0.4 is 4.90 Å². The molecule has 10 rings (SSSR count). The van der Waals surface area contributed by atoms with Gasteiger partial charge in [-0.3, -0.25) is 0 Å². The number of nitrogens with zero attached hydrogens (tertiary/aromatic N) is 1. The van der Waals surface area contributed by atoms with Gasteiger partial charge in [0.2, 0.25) is 0 Å². The molecular formula is C52H35NO. The van der Waals surface area contributed by atoms with Gasteiger partial charge in [0.1, 0.15) is 11.2 Å². The first kappa shape index (κ1) is 31.6. The van der Waals surface area contributed by atoms with Crippen LogP contribution in [0.3, 0.4) is 0 Å². The van der Waals surface area contributed by atoms with Crippen LogP contribution in [0.1, 0.15) is 0 Å². The van der Waals surface area contributed by atoms with Gasteiger partial charge in [-0.05, 0) is 63.5 Å². The van der Waals surface area contributed by atoms with E-state index in [0.29, 0.717) is 0 Å². The molecule has 0 fully saturated rings. The van der Waals surface area contributed by atoms with Crippen molar-refractivity contribution in [2.75, 3.05) is 4.90 Å². The number of fused-ring (bicyclic) bond motifs is 5. The summed E-state index contributed by atoms with van der Waals surface area (Å²) in [5.74, 6) is 0. The Hall–Kier alpha value is -7.16. The first-order chi connectivity index (χ1) is 26.8. The van der Waals surface area contributed by atoms with Crippen molar-refractivity contribution >= 4 is 49.8 Å². The highest BCUT2D eigenvalue weighted by Crippen LogP contribution is 2.48. The number of benzene rings is 9. The summed E-state index contributed by atoms with van der Waals surface area (Å²) in [5.41, 5.74) is 14.2. The first-order valence-electron chi connectivity index (χ1n) is 18.4. The largest absolute Gasteiger partial charge is 0.455 e. The van der Waals surface area contributed by atoms with E-state index in [4.69, 9.17) is 4.42 Å². The maximum Gasteiger partial charge on any atom is 0.143 e. The third-order valence-electron chi connectivity index (χ3n) is 10.5. The number of rotatable bonds is 7. The molecule has 9 aromatic carbocycles. The molecule has 1 aromatic heterocycles. The molecule has 0 unspecified atom stereocenters. The average molecular weight is 690 g/mol. The Balaban J connectivity index is 1.25. The SMILES string of the molecule is c1ccc(-c2ccc(N(c3ccccc3-c3ccccc3)c3ccccc3-c3cccc4c3oc3c5ccccc5ccc43)cc2-c2ccccc2)cc1. The minimum Gasteiger partial charge on any atom is -0.455 e. The molecule has 0 aliphatic carbocycles. The predicted octanol–water partition coefficient (Wildman–Crippen LogP) is 14.9. The minimum atomic E-state index is 0.886. The van der Waals surface area contributed by atoms with Crippen LogP contribution in [0.25, 0.3) is 77.2 Å². The van der Waals surface area contributed by atoms with Gasteiger partial charge in [0.15, 0.2) is 0 Å². The molecule has 0 aliphatic heterocycles. The highest BCUT2D eigenvalue weighted by atomic mass is 16.3. The molecule has 1 heterocycles. The van der Waals surface area contributed by atoms with E-state index in [1.807, 2.05) is 0 Å². The lowest BCUT2D eigenvalue weighted by Crippen LogP contribution is -2.12. The summed E-state index contributed by atoms with van der Waals surface area (Å²) in [6, 6.07) is 75.8. The quantitative estimate of drug-likeness (QED) is 0.166. The van der Waals surface area contributed by atoms with Gasteiger partial charge < -0.3 is 9.32 Å². The smallest absolute Gasteiger partial charge is 0.143 e. The van der Waals surface area contributed by atoms with Crippen LogP contribution >= 0.6 is 0 Å². The van der Waals surface area contributed by atoms with Crippen LogP contribution in [0.2, 0.25) is 0 Å². The first-order valence-corrected chi connectivity index (χ1v) is 18.4. The van der Waals surface area contributed by atoms with E-state index in [1.165, 1.54) is 27.6 Å². The van der Waals surface area contributed by atoms with E-state index in [2.05, 4.69) is 217 Å². The Morgan fingerprint density at radius 3 is 1.54 bits per heavy atom. The van der Waals surface area contributed by atoms with Crippen molar-refractivity contribution in [2.24, 2.45) is 0 Å². The Kier molecular flexibility index (Phi) is 7.85. The molecule has 0 aliphatic rings. The summed E-state index contributed by atoms with van der Waals surface area (Å²) in [6.07, 6.45) is 0. The molecule has 54 heavy (non-hydrogen) atoms. The fourth-order valence-corrected chi connectivity index (χ4v) is 7.97. The van der Waals surface area contributed by atoms with Crippen LogP contribution in [0.4, 0.5) is 17.1 Å². The summed E-state index contributed by atoms with van der Waals surface area (Å²) in [7, 11) is 0. The highest BCUT2D eigenvalue weighted by molar-refractivity contribution is 6.17. The number of furan rings is 1. The Labute approximate surface area is 314 Å². The maximum atomic E-state index is 6.91. The van der Waals surface area contributed by atoms with E-state index in [-0.39, 0.29) is 0 Å². The van der Waals surface area contributed by atoms with Crippen molar-refractivity contribution in [3.05, 3.63) is 212 Å². The standard InChI is InChI=1S/C52H35NO/c1-4-17-36(18-5-1)41-34-32-40(35-48(41)38-21-8-3-9-22-38)53(49-29-14-12-24-42(49)37-19-6-2-7-20-37)50-30-15-13-26-44(50)45-27-16-28-46-47-33-31-39-23-10-11-25-43(39)51(47)54-52(45)46/h1-35H. The summed E-state index contributed by atoms with van der Waals surface area (Å²) in [5, 5.41) is 4.52. The lowest BCUT2D eigenvalue weighted by molar-refractivity contribution is 0.674. The van der Waals surface area contributed by atoms with Crippen LogP contribution in [0.15, 0.2) is 217 Å². The fourth-order valence-electron chi connectivity index (χ4n) is 7.97. The van der Waals surface area contributed by atoms with Gasteiger partial charge in [0, 0.05) is 38.5 Å². The van der Waals surface area contributed by atoms with E-state index in [1.54, 1.807) is 0 Å². The Morgan fingerprint density at radius 2 is 0.815 bits per heavy atom. The third-order valence-corrected chi connectivity index (χ3v) is 10.5. The summed E-state index contributed by atoms with van der Waals surface area (Å²) < 4.78 is 6.91. The van der Waals surface area contributed by atoms with Crippen LogP contribution in [0, 0.1) is 0 Å². The summed E-state index contributed by atoms with van der Waals surface area (Å²) in [4.78, 5) is 2.43. The molecule has 254 valence electrons. The van der Waals surface area contributed by atoms with Crippen molar-refractivity contribution < 1.29 is 4.42 Å². The number of anilines is 3. The van der Waals surface area contributed by atoms with E-state index in [9.17, 15) is 0 Å². The predicted molar refractivity (Wildman–Crippen MR) is 228 cm³/mol. The molecule has 0 atom stereocenters. The molecule has 0 N–H and O–H groups in total. The van der Waals surface area contributed by atoms with Gasteiger partial charge in [-0.15, -0.1) is 0 Å². The topological polar surface area (TPSA) is 16.4 Å². The van der Waals surface area contributed by atoms with E-state index >= 15 is 0 Å². The van der Waals surface area contributed by atoms with E-state index < -0.39 is 0 Å². The van der Waals surface area contributed by atoms with Gasteiger partial charge in [0.05, 0.1) is 11.4 Å². The summed E-state index contributed by atoms with van der Waals surface area (Å²) >= 11 is 0. The van der Waals surface area contributed by atoms with Crippen molar-refractivity contribution in [1.29, 1.82) is 0 Å². The second-order valence-corrected chi connectivity index (χ2v) is 13.6. The van der Waals surface area contributed by atoms with Gasteiger partial charge in [-0.2, -0.15) is 0 Å². The molecule has 2 nitrogen and oxygen atoms in total. The van der Waals surface area contributed by atoms with Gasteiger partial charge >= 0.3 is 0 Å². The minimum absolute atomic E-state index is 0.886. The van der Waals surface area contributed by atoms with Crippen molar-refractivity contribution in [1.82, 2.24) is 0 Å². The van der Waals surface area contributed by atoms with Crippen molar-refractivity contribution in [2.45, 2.75) is 0 Å².